The van der Waals surface area contributed by atoms with Crippen LogP contribution in [-0.4, -0.2) is 55.6 Å². The zero-order valence-electron chi connectivity index (χ0n) is 10.9. The molecule has 2 aliphatic heterocycles. The standard InChI is InChI=1S/C12H20N2O5/c1-7(8-2-3-18-4-8)13-12(17)14-10-6-19-5-9(10)11(15)16/h7-10H,2-6H2,1H3,(H,15,16)(H2,13,14,17). The molecule has 0 aromatic carbocycles. The number of carboxylic acids is 1. The third-order valence-corrected chi connectivity index (χ3v) is 3.74. The second-order valence-electron chi connectivity index (χ2n) is 5.12. The first-order valence-corrected chi connectivity index (χ1v) is 6.53. The van der Waals surface area contributed by atoms with Gasteiger partial charge in [-0.1, -0.05) is 0 Å². The number of rotatable bonds is 4. The van der Waals surface area contributed by atoms with E-state index in [9.17, 15) is 9.59 Å². The van der Waals surface area contributed by atoms with Gasteiger partial charge in [0.25, 0.3) is 0 Å². The lowest BCUT2D eigenvalue weighted by Crippen LogP contribution is -2.50. The summed E-state index contributed by atoms with van der Waals surface area (Å²) < 4.78 is 10.4. The van der Waals surface area contributed by atoms with Crippen LogP contribution in [0.3, 0.4) is 0 Å². The minimum absolute atomic E-state index is 0.00750. The van der Waals surface area contributed by atoms with E-state index in [1.54, 1.807) is 0 Å². The lowest BCUT2D eigenvalue weighted by molar-refractivity contribution is -0.142. The van der Waals surface area contributed by atoms with Gasteiger partial charge in [0.15, 0.2) is 0 Å². The summed E-state index contributed by atoms with van der Waals surface area (Å²) in [6.07, 6.45) is 0.936. The fourth-order valence-corrected chi connectivity index (χ4v) is 2.42. The second-order valence-corrected chi connectivity index (χ2v) is 5.12. The Labute approximate surface area is 111 Å². The predicted molar refractivity (Wildman–Crippen MR) is 65.8 cm³/mol. The van der Waals surface area contributed by atoms with Crippen molar-refractivity contribution < 1.29 is 24.2 Å². The number of carboxylic acid groups (broad SMARTS) is 1. The highest BCUT2D eigenvalue weighted by Gasteiger charge is 2.35. The number of ether oxygens (including phenoxy) is 2. The minimum atomic E-state index is -0.944. The first kappa shape index (κ1) is 14.1. The largest absolute Gasteiger partial charge is 0.481 e. The van der Waals surface area contributed by atoms with Crippen LogP contribution in [0.25, 0.3) is 0 Å². The number of aliphatic carboxylic acids is 1. The molecule has 0 aromatic rings. The molecule has 2 aliphatic rings. The summed E-state index contributed by atoms with van der Waals surface area (Å²) in [7, 11) is 0. The average molecular weight is 272 g/mol. The molecular weight excluding hydrogens is 252 g/mol. The van der Waals surface area contributed by atoms with Crippen LogP contribution in [0.4, 0.5) is 4.79 Å². The summed E-state index contributed by atoms with van der Waals surface area (Å²) in [6, 6.07) is -0.807. The number of nitrogens with one attached hydrogen (secondary N) is 2. The van der Waals surface area contributed by atoms with Crippen LogP contribution in [0.15, 0.2) is 0 Å². The van der Waals surface area contributed by atoms with E-state index in [0.717, 1.165) is 13.0 Å². The fourth-order valence-electron chi connectivity index (χ4n) is 2.42. The normalized spacial score (nSPS) is 31.9. The maximum absolute atomic E-state index is 11.8. The van der Waals surface area contributed by atoms with E-state index in [1.807, 2.05) is 6.92 Å². The Morgan fingerprint density at radius 1 is 1.26 bits per heavy atom. The molecule has 0 saturated carbocycles. The molecule has 19 heavy (non-hydrogen) atoms. The van der Waals surface area contributed by atoms with Gasteiger partial charge < -0.3 is 25.2 Å². The van der Waals surface area contributed by atoms with E-state index in [-0.39, 0.29) is 25.3 Å². The average Bonchev–Trinajstić information content (AvgIpc) is 2.98. The topological polar surface area (TPSA) is 96.9 Å². The monoisotopic (exact) mass is 272 g/mol. The van der Waals surface area contributed by atoms with Gasteiger partial charge in [0.05, 0.1) is 25.9 Å². The number of carbonyl (C=O) groups excluding carboxylic acids is 1. The molecule has 0 aliphatic carbocycles. The quantitative estimate of drug-likeness (QED) is 0.659. The highest BCUT2D eigenvalue weighted by atomic mass is 16.5. The number of carbonyl (C=O) groups is 2. The zero-order valence-corrected chi connectivity index (χ0v) is 10.9. The van der Waals surface area contributed by atoms with E-state index < -0.39 is 17.9 Å². The Balaban J connectivity index is 1.78. The Bertz CT molecular complexity index is 343. The molecule has 2 heterocycles. The molecule has 0 aromatic heterocycles. The Morgan fingerprint density at radius 2 is 2.05 bits per heavy atom. The SMILES string of the molecule is CC(NC(=O)NC1COCC1C(=O)O)C1CCOC1. The van der Waals surface area contributed by atoms with Gasteiger partial charge in [-0.2, -0.15) is 0 Å². The molecule has 0 bridgehead atoms. The molecule has 4 unspecified atom stereocenters. The van der Waals surface area contributed by atoms with Crippen molar-refractivity contribution in [3.05, 3.63) is 0 Å². The summed E-state index contributed by atoms with van der Waals surface area (Å²) in [6.45, 7) is 3.71. The van der Waals surface area contributed by atoms with Crippen molar-refractivity contribution in [1.82, 2.24) is 10.6 Å². The summed E-state index contributed by atoms with van der Waals surface area (Å²) in [5, 5.41) is 14.5. The number of hydrogen-bond acceptors (Lipinski definition) is 4. The van der Waals surface area contributed by atoms with E-state index in [2.05, 4.69) is 10.6 Å². The van der Waals surface area contributed by atoms with Crippen LogP contribution in [0.1, 0.15) is 13.3 Å². The van der Waals surface area contributed by atoms with Crippen molar-refractivity contribution in [3.63, 3.8) is 0 Å². The van der Waals surface area contributed by atoms with Crippen molar-refractivity contribution in [2.45, 2.75) is 25.4 Å². The Hall–Kier alpha value is -1.34. The summed E-state index contributed by atoms with van der Waals surface area (Å²) >= 11 is 0. The van der Waals surface area contributed by atoms with Crippen LogP contribution in [0.5, 0.6) is 0 Å². The number of amides is 2. The van der Waals surface area contributed by atoms with Crippen molar-refractivity contribution >= 4 is 12.0 Å². The smallest absolute Gasteiger partial charge is 0.315 e. The summed E-state index contributed by atoms with van der Waals surface area (Å²) in [5.41, 5.74) is 0. The second kappa shape index (κ2) is 6.21. The van der Waals surface area contributed by atoms with Crippen molar-refractivity contribution in [2.24, 2.45) is 11.8 Å². The van der Waals surface area contributed by atoms with Gasteiger partial charge in [-0.05, 0) is 13.3 Å². The van der Waals surface area contributed by atoms with E-state index in [4.69, 9.17) is 14.6 Å². The lowest BCUT2D eigenvalue weighted by Gasteiger charge is -2.22. The third-order valence-electron chi connectivity index (χ3n) is 3.74. The van der Waals surface area contributed by atoms with E-state index >= 15 is 0 Å². The molecule has 0 spiro atoms. The van der Waals surface area contributed by atoms with Crippen molar-refractivity contribution in [3.8, 4) is 0 Å². The Morgan fingerprint density at radius 3 is 2.68 bits per heavy atom. The summed E-state index contributed by atoms with van der Waals surface area (Å²) in [5.74, 6) is -1.29. The van der Waals surface area contributed by atoms with Crippen LogP contribution in [-0.2, 0) is 14.3 Å². The van der Waals surface area contributed by atoms with E-state index in [0.29, 0.717) is 12.5 Å². The van der Waals surface area contributed by atoms with Gasteiger partial charge in [-0.25, -0.2) is 4.79 Å². The van der Waals surface area contributed by atoms with Crippen molar-refractivity contribution in [1.29, 1.82) is 0 Å². The number of urea groups is 1. The van der Waals surface area contributed by atoms with Gasteiger partial charge in [-0.3, -0.25) is 4.79 Å². The first-order chi connectivity index (χ1) is 9.08. The molecule has 0 radical (unpaired) electrons. The highest BCUT2D eigenvalue weighted by Crippen LogP contribution is 2.17. The predicted octanol–water partition coefficient (Wildman–Crippen LogP) is -0.190. The van der Waals surface area contributed by atoms with Gasteiger partial charge in [0.1, 0.15) is 5.92 Å². The zero-order chi connectivity index (χ0) is 13.8. The molecule has 2 rings (SSSR count). The molecule has 3 N–H and O–H groups in total. The van der Waals surface area contributed by atoms with Gasteiger partial charge in [0.2, 0.25) is 0 Å². The van der Waals surface area contributed by atoms with Crippen LogP contribution in [0.2, 0.25) is 0 Å². The maximum atomic E-state index is 11.8. The number of hydrogen-bond donors (Lipinski definition) is 3. The van der Waals surface area contributed by atoms with Gasteiger partial charge >= 0.3 is 12.0 Å². The first-order valence-electron chi connectivity index (χ1n) is 6.53. The van der Waals surface area contributed by atoms with Gasteiger partial charge in [-0.15, -0.1) is 0 Å². The molecule has 7 nitrogen and oxygen atoms in total. The molecule has 108 valence electrons. The molecular formula is C12H20N2O5. The molecule has 2 saturated heterocycles. The Kier molecular flexibility index (Phi) is 4.60. The maximum Gasteiger partial charge on any atom is 0.315 e. The van der Waals surface area contributed by atoms with Crippen molar-refractivity contribution in [2.75, 3.05) is 26.4 Å². The van der Waals surface area contributed by atoms with E-state index in [1.165, 1.54) is 0 Å². The molecule has 4 atom stereocenters. The third kappa shape index (κ3) is 3.57. The van der Waals surface area contributed by atoms with Gasteiger partial charge in [0, 0.05) is 18.6 Å². The van der Waals surface area contributed by atoms with Crippen LogP contribution < -0.4 is 10.6 Å². The fraction of sp³-hybridized carbons (Fsp3) is 0.833. The highest BCUT2D eigenvalue weighted by molar-refractivity contribution is 5.77. The van der Waals surface area contributed by atoms with Crippen LogP contribution in [0, 0.1) is 11.8 Å². The molecule has 2 amide bonds. The summed E-state index contributed by atoms with van der Waals surface area (Å²) in [4.78, 5) is 22.8. The lowest BCUT2D eigenvalue weighted by atomic mass is 10.0. The molecule has 2 fully saturated rings. The van der Waals surface area contributed by atoms with Crippen LogP contribution >= 0.6 is 0 Å². The molecule has 7 heteroatoms. The minimum Gasteiger partial charge on any atom is -0.481 e.